The largest absolute Gasteiger partial charge is 1.00 e. The second-order valence-electron chi connectivity index (χ2n) is 26.0. The molecule has 19 aromatic rings. The number of phenolic OH excluding ortho intramolecular Hbond substituents is 1. The standard InChI is InChI=1S/C27H23NP.C23H17NS.C16H10BrN.C16H12BrN.C7H5BrO.C6H7BO3.CH4O.CH3O.BrH.Na.H2O2/c1-4-13-24(14-5-1)29(25-15-6-2-7-16-25,26-17-8-3-9-18-26)21-23-20-22-12-10-11-19-27(22)28-23;1-25-22-9-5-3-6-17(22)16-11-10-15-12-13-21-23(19(15)14-16)18-7-2-4-8-20(18)24-21;17-11-7-5-10-6-8-15-16(13(10)9-11)12-3-1-2-4-14(12)18-15;17-14-8-5-12(6-9-14)7-10-15-11-13-3-1-2-4-16(13)18-15;8-7-3-1-6(5-9)2-4-7;8-6-4-2-1-3-5(6)7(9)10;2*1-2;;;1-2/h1-20,28H,21H2;2-14,24H,1H3;1-9,18H;1-11,18H;1-5H;1-4,8-10H;2H,1H3;1H3;1H;;1-2H/q+1;;;;;;;-1;;+1;/p-1/b;;;10-7-;;;;;;;. The number of para-hydroxylation sites is 5. The van der Waals surface area contributed by atoms with Gasteiger partial charge >= 0.3 is 36.7 Å². The Morgan fingerprint density at radius 3 is 1.31 bits per heavy atom. The van der Waals surface area contributed by atoms with Crippen molar-refractivity contribution >= 4 is 201 Å². The normalized spacial score (nSPS) is 10.5. The number of phenols is 1. The summed E-state index contributed by atoms with van der Waals surface area (Å²) in [6.07, 6.45) is 8.14. The van der Waals surface area contributed by atoms with Crippen LogP contribution in [0.25, 0.3) is 110 Å². The third-order valence-corrected chi connectivity index (χ3v) is 25.7. The Balaban J connectivity index is 0.000000163. The van der Waals surface area contributed by atoms with Gasteiger partial charge in [-0.2, -0.15) is 7.11 Å². The van der Waals surface area contributed by atoms with Crippen LogP contribution in [0.2, 0.25) is 0 Å². The van der Waals surface area contributed by atoms with Gasteiger partial charge in [0.2, 0.25) is 0 Å². The Kier molecular flexibility index (Phi) is 35.7. The predicted octanol–water partition coefficient (Wildman–Crippen LogP) is 16.8. The summed E-state index contributed by atoms with van der Waals surface area (Å²) < 4.78 is 3.21. The van der Waals surface area contributed by atoms with Crippen molar-refractivity contribution in [3.8, 4) is 16.9 Å². The van der Waals surface area contributed by atoms with Gasteiger partial charge in [-0.1, -0.05) is 272 Å². The van der Waals surface area contributed by atoms with Gasteiger partial charge in [0.15, 0.2) is 0 Å². The van der Waals surface area contributed by atoms with Crippen molar-refractivity contribution in [3.05, 3.63) is 394 Å². The Bertz CT molecular complexity index is 6200. The van der Waals surface area contributed by atoms with Crippen LogP contribution < -0.4 is 73.0 Å². The molecule has 0 spiro atoms. The zero-order valence-electron chi connectivity index (χ0n) is 64.4. The molecule has 4 aromatic heterocycles. The molecular weight excluding hydrogens is 1770 g/mol. The summed E-state index contributed by atoms with van der Waals surface area (Å²) >= 11 is 12.1. The first kappa shape index (κ1) is 91.1. The second-order valence-corrected chi connectivity index (χ2v) is 33.1. The van der Waals surface area contributed by atoms with Crippen molar-refractivity contribution < 1.29 is 87.2 Å². The molecule has 0 radical (unpaired) electrons. The topological polar surface area (TPSA) is 225 Å². The number of aromatic amines is 4. The maximum atomic E-state index is 10.1. The van der Waals surface area contributed by atoms with Gasteiger partial charge in [0.1, 0.15) is 41.4 Å². The van der Waals surface area contributed by atoms with E-state index in [1.54, 1.807) is 36.0 Å². The van der Waals surface area contributed by atoms with Crippen LogP contribution in [-0.4, -0.2) is 84.6 Å². The number of carbonyl (C=O) groups is 1. The number of rotatable bonds is 11. The number of aldehydes is 1. The molecule has 0 atom stereocenters. The van der Waals surface area contributed by atoms with Crippen LogP contribution in [0.4, 0.5) is 0 Å². The molecule has 0 aliphatic carbocycles. The molecule has 0 amide bonds. The average molecular weight is 1850 g/mol. The predicted molar refractivity (Wildman–Crippen MR) is 497 cm³/mol. The molecule has 20 heteroatoms. The van der Waals surface area contributed by atoms with E-state index in [9.17, 15) is 4.79 Å². The average Bonchev–Trinajstić information content (AvgIpc) is 1.70. The van der Waals surface area contributed by atoms with Crippen LogP contribution >= 0.6 is 66.8 Å². The number of aliphatic hydroxyl groups excluding tert-OH is 1. The van der Waals surface area contributed by atoms with E-state index in [0.717, 1.165) is 45.8 Å². The van der Waals surface area contributed by atoms with Gasteiger partial charge < -0.3 is 62.3 Å². The number of aromatic hydroxyl groups is 1. The number of aliphatic hydroxyl groups is 1. The van der Waals surface area contributed by atoms with Crippen LogP contribution in [0.15, 0.2) is 376 Å². The molecule has 0 saturated carbocycles. The minimum atomic E-state index is -1.86. The van der Waals surface area contributed by atoms with Crippen molar-refractivity contribution in [2.75, 3.05) is 20.5 Å². The van der Waals surface area contributed by atoms with Gasteiger partial charge in [-0.15, -0.1) is 11.8 Å². The van der Waals surface area contributed by atoms with Gasteiger partial charge in [0.05, 0.1) is 5.69 Å². The number of carbonyl (C=O) groups excluding carboxylic acids is 1. The van der Waals surface area contributed by atoms with Gasteiger partial charge in [-0.3, -0.25) is 15.3 Å². The van der Waals surface area contributed by atoms with E-state index in [0.29, 0.717) is 5.56 Å². The number of hydrogen-bond acceptors (Lipinski definition) is 9. The van der Waals surface area contributed by atoms with E-state index in [1.165, 1.54) is 142 Å². The number of fused-ring (bicyclic) bond motifs is 12. The fourth-order valence-electron chi connectivity index (χ4n) is 13.8. The Hall–Kier alpha value is -9.77. The molecule has 15 aromatic carbocycles. The minimum absolute atomic E-state index is 0. The molecule has 0 saturated heterocycles. The smallest absolute Gasteiger partial charge is 1.00 e. The molecule has 4 heterocycles. The van der Waals surface area contributed by atoms with Crippen molar-refractivity contribution in [1.29, 1.82) is 0 Å². The molecular formula is C97H83BBr4N4NaO8PS. The van der Waals surface area contributed by atoms with E-state index in [-0.39, 0.29) is 57.8 Å². The third kappa shape index (κ3) is 23.0. The van der Waals surface area contributed by atoms with Crippen molar-refractivity contribution in [2.45, 2.75) is 11.1 Å². The first-order valence-electron chi connectivity index (χ1n) is 36.6. The van der Waals surface area contributed by atoms with Crippen molar-refractivity contribution in [2.24, 2.45) is 0 Å². The summed E-state index contributed by atoms with van der Waals surface area (Å²) in [5.74, 6) is -0.0995. The van der Waals surface area contributed by atoms with Crippen molar-refractivity contribution in [3.63, 3.8) is 0 Å². The fourth-order valence-corrected chi connectivity index (χ4v) is 19.5. The Labute approximate surface area is 742 Å². The molecule has 117 heavy (non-hydrogen) atoms. The number of H-pyrrole nitrogens is 4. The monoisotopic (exact) mass is 1840 g/mol. The number of halogens is 4. The van der Waals surface area contributed by atoms with Crippen LogP contribution in [0.3, 0.4) is 0 Å². The molecule has 0 unspecified atom stereocenters. The quantitative estimate of drug-likeness (QED) is 0.0148. The van der Waals surface area contributed by atoms with Crippen LogP contribution in [0.5, 0.6) is 5.75 Å². The number of thioether (sulfide) groups is 1. The zero-order chi connectivity index (χ0) is 81.1. The van der Waals surface area contributed by atoms with E-state index in [2.05, 4.69) is 377 Å². The van der Waals surface area contributed by atoms with Gasteiger partial charge in [0.25, 0.3) is 0 Å². The summed E-state index contributed by atoms with van der Waals surface area (Å²) in [7, 11) is -1.71. The molecule has 0 aliphatic rings. The summed E-state index contributed by atoms with van der Waals surface area (Å²) in [6.45, 7) is 0. The number of hydrogen-bond donors (Lipinski definition) is 10. The van der Waals surface area contributed by atoms with E-state index >= 15 is 0 Å². The maximum Gasteiger partial charge on any atom is 1.00 e. The molecule has 12 nitrogen and oxygen atoms in total. The summed E-state index contributed by atoms with van der Waals surface area (Å²) in [4.78, 5) is 25.5. The van der Waals surface area contributed by atoms with Crippen LogP contribution in [-0.2, 0) is 6.16 Å². The SMILES string of the molecule is Brc1ccc(/C=C\c2cc3ccccc3[nH]2)cc1.Brc1ccc2ccc3[nH]c4ccccc4c3c2c1.CO.CSc1ccccc1-c1ccc2ccc3[nH]c4ccccc4c3c2c1.C[O-].O=Cc1ccc(Br)cc1.OB(O)c1ccccc1O.OO.[Br-].[Na+].c1ccc([P+](Cc2cc3ccccc3[nH]2)(c2ccccc2)c2ccccc2)cc1. The first-order chi connectivity index (χ1) is 56.4. The van der Waals surface area contributed by atoms with Gasteiger partial charge in [0, 0.05) is 96.8 Å². The Morgan fingerprint density at radius 2 is 0.821 bits per heavy atom. The van der Waals surface area contributed by atoms with E-state index in [4.69, 9.17) is 35.9 Å². The molecule has 10 N–H and O–H groups in total. The van der Waals surface area contributed by atoms with Crippen LogP contribution in [0.1, 0.15) is 27.3 Å². The maximum absolute atomic E-state index is 10.1. The summed E-state index contributed by atoms with van der Waals surface area (Å²) in [6, 6.07) is 124. The zero-order valence-corrected chi connectivity index (χ0v) is 74.5. The first-order valence-corrected chi connectivity index (χ1v) is 42.2. The number of nitrogens with one attached hydrogen (secondary N) is 4. The van der Waals surface area contributed by atoms with E-state index < -0.39 is 14.4 Å². The minimum Gasteiger partial charge on any atom is -1.00 e. The van der Waals surface area contributed by atoms with Crippen LogP contribution in [0, 0.1) is 0 Å². The molecule has 0 fully saturated rings. The second kappa shape index (κ2) is 45.8. The molecule has 582 valence electrons. The molecule has 0 bridgehead atoms. The molecule has 19 rings (SSSR count). The molecule has 0 aliphatic heterocycles. The number of aromatic nitrogens is 4. The Morgan fingerprint density at radius 1 is 0.402 bits per heavy atom. The fraction of sp³-hybridized carbons (Fsp3) is 0.0412. The van der Waals surface area contributed by atoms with E-state index in [1.807, 2.05) is 30.3 Å². The van der Waals surface area contributed by atoms with Gasteiger partial charge in [-0.25, -0.2) is 0 Å². The van der Waals surface area contributed by atoms with Gasteiger partial charge in [-0.05, 0) is 201 Å². The summed E-state index contributed by atoms with van der Waals surface area (Å²) in [5, 5.41) is 70.5. The number of benzene rings is 15. The summed E-state index contributed by atoms with van der Waals surface area (Å²) in [5.41, 5.74) is 14.2. The third-order valence-electron chi connectivity index (χ3n) is 19.0. The van der Waals surface area contributed by atoms with Crippen molar-refractivity contribution in [1.82, 2.24) is 19.9 Å².